The summed E-state index contributed by atoms with van der Waals surface area (Å²) in [5, 5.41) is 23.3. The molecule has 0 aliphatic rings. The van der Waals surface area contributed by atoms with E-state index in [1.807, 2.05) is 6.08 Å². The van der Waals surface area contributed by atoms with E-state index >= 15 is 0 Å². The topological polar surface area (TPSA) is 95.9 Å². The monoisotopic (exact) mass is 1200 g/mol. The van der Waals surface area contributed by atoms with Gasteiger partial charge in [-0.2, -0.15) is 0 Å². The molecule has 0 saturated heterocycles. The van der Waals surface area contributed by atoms with Crippen molar-refractivity contribution in [1.82, 2.24) is 5.32 Å². The van der Waals surface area contributed by atoms with Crippen molar-refractivity contribution in [2.45, 2.75) is 456 Å². The highest BCUT2D eigenvalue weighted by atomic mass is 16.5. The molecule has 0 bridgehead atoms. The number of hydrogen-bond donors (Lipinski definition) is 3. The van der Waals surface area contributed by atoms with E-state index in [4.69, 9.17) is 4.74 Å². The third-order valence-electron chi connectivity index (χ3n) is 18.5. The number of nitrogens with one attached hydrogen (secondary N) is 1. The van der Waals surface area contributed by atoms with Crippen LogP contribution in [0.15, 0.2) is 24.3 Å². The van der Waals surface area contributed by atoms with Gasteiger partial charge in [-0.3, -0.25) is 9.59 Å². The minimum atomic E-state index is -0.844. The quantitative estimate of drug-likeness (QED) is 0.0320. The molecule has 0 aliphatic carbocycles. The number of aliphatic hydroxyl groups is 2. The smallest absolute Gasteiger partial charge is 0.305 e. The first-order valence-electron chi connectivity index (χ1n) is 39.1. The number of aliphatic hydroxyl groups excluding tert-OH is 2. The molecule has 0 spiro atoms. The van der Waals surface area contributed by atoms with Gasteiger partial charge in [-0.25, -0.2) is 0 Å². The molecule has 0 fully saturated rings. The average molecular weight is 1200 g/mol. The van der Waals surface area contributed by atoms with Crippen molar-refractivity contribution in [3.63, 3.8) is 0 Å². The van der Waals surface area contributed by atoms with Gasteiger partial charge in [0.2, 0.25) is 5.91 Å². The molecule has 6 heteroatoms. The molecule has 3 N–H and O–H groups in total. The Kier molecular flexibility index (Phi) is 73.3. The highest BCUT2D eigenvalue weighted by Gasteiger charge is 2.18. The van der Waals surface area contributed by atoms with E-state index in [0.29, 0.717) is 19.4 Å². The van der Waals surface area contributed by atoms with Gasteiger partial charge in [0.15, 0.2) is 0 Å². The number of allylic oxidation sites excluding steroid dienone is 3. The fourth-order valence-corrected chi connectivity index (χ4v) is 12.5. The van der Waals surface area contributed by atoms with Crippen molar-refractivity contribution < 1.29 is 24.5 Å². The molecule has 504 valence electrons. The molecular formula is C79H153NO5. The Bertz CT molecular complexity index is 1330. The van der Waals surface area contributed by atoms with Gasteiger partial charge in [-0.15, -0.1) is 0 Å². The summed E-state index contributed by atoms with van der Waals surface area (Å²) in [5.74, 6) is -0.0485. The van der Waals surface area contributed by atoms with Gasteiger partial charge in [0.25, 0.3) is 0 Å². The van der Waals surface area contributed by atoms with Crippen molar-refractivity contribution in [2.75, 3.05) is 13.2 Å². The van der Waals surface area contributed by atoms with Gasteiger partial charge in [0.05, 0.1) is 25.4 Å². The molecule has 2 unspecified atom stereocenters. The zero-order chi connectivity index (χ0) is 61.3. The number of unbranched alkanes of at least 4 members (excludes halogenated alkanes) is 61. The summed E-state index contributed by atoms with van der Waals surface area (Å²) in [6.45, 7) is 4.95. The van der Waals surface area contributed by atoms with Crippen molar-refractivity contribution in [3.8, 4) is 0 Å². The number of carbonyl (C=O) groups excluding carboxylic acids is 2. The second-order valence-electron chi connectivity index (χ2n) is 27.0. The molecule has 6 nitrogen and oxygen atoms in total. The normalized spacial score (nSPS) is 12.6. The summed E-state index contributed by atoms with van der Waals surface area (Å²) in [5.41, 5.74) is 0. The number of amides is 1. The van der Waals surface area contributed by atoms with Crippen LogP contribution in [-0.2, 0) is 14.3 Å². The molecule has 0 heterocycles. The van der Waals surface area contributed by atoms with E-state index in [0.717, 1.165) is 44.9 Å². The number of hydrogen-bond acceptors (Lipinski definition) is 5. The first-order chi connectivity index (χ1) is 42.0. The summed E-state index contributed by atoms with van der Waals surface area (Å²) in [6.07, 6.45) is 95.8. The van der Waals surface area contributed by atoms with Gasteiger partial charge in [0, 0.05) is 12.8 Å². The molecule has 1 amide bonds. The van der Waals surface area contributed by atoms with Crippen molar-refractivity contribution >= 4 is 11.9 Å². The fourth-order valence-electron chi connectivity index (χ4n) is 12.5. The van der Waals surface area contributed by atoms with Crippen LogP contribution in [0.4, 0.5) is 0 Å². The van der Waals surface area contributed by atoms with Crippen LogP contribution in [0.1, 0.15) is 444 Å². The molecule has 85 heavy (non-hydrogen) atoms. The summed E-state index contributed by atoms with van der Waals surface area (Å²) in [4.78, 5) is 24.6. The highest BCUT2D eigenvalue weighted by Crippen LogP contribution is 2.20. The molecule has 0 aliphatic heterocycles. The van der Waals surface area contributed by atoms with Crippen LogP contribution in [-0.4, -0.2) is 47.4 Å². The second-order valence-corrected chi connectivity index (χ2v) is 27.0. The number of esters is 1. The predicted octanol–water partition coefficient (Wildman–Crippen LogP) is 25.7. The van der Waals surface area contributed by atoms with Crippen LogP contribution in [0, 0.1) is 0 Å². The lowest BCUT2D eigenvalue weighted by Gasteiger charge is -2.20. The van der Waals surface area contributed by atoms with Gasteiger partial charge in [-0.05, 0) is 57.8 Å². The molecule has 0 aromatic carbocycles. The van der Waals surface area contributed by atoms with E-state index in [1.165, 1.54) is 372 Å². The second kappa shape index (κ2) is 74.8. The van der Waals surface area contributed by atoms with Gasteiger partial charge in [-0.1, -0.05) is 398 Å². The predicted molar refractivity (Wildman–Crippen MR) is 375 cm³/mol. The average Bonchev–Trinajstić information content (AvgIpc) is 3.51. The third-order valence-corrected chi connectivity index (χ3v) is 18.5. The lowest BCUT2D eigenvalue weighted by atomic mass is 10.0. The minimum absolute atomic E-state index is 0.0114. The van der Waals surface area contributed by atoms with Crippen molar-refractivity contribution in [1.29, 1.82) is 0 Å². The van der Waals surface area contributed by atoms with Crippen LogP contribution in [0.2, 0.25) is 0 Å². The summed E-state index contributed by atoms with van der Waals surface area (Å²) in [6, 6.07) is -0.627. The Morgan fingerprint density at radius 3 is 0.835 bits per heavy atom. The first kappa shape index (κ1) is 83.3. The van der Waals surface area contributed by atoms with Crippen LogP contribution in [0.3, 0.4) is 0 Å². The van der Waals surface area contributed by atoms with Crippen molar-refractivity contribution in [2.24, 2.45) is 0 Å². The van der Waals surface area contributed by atoms with Crippen LogP contribution < -0.4 is 5.32 Å². The molecule has 0 saturated carbocycles. The van der Waals surface area contributed by atoms with E-state index in [2.05, 4.69) is 31.3 Å². The molecule has 0 radical (unpaired) electrons. The molecular weight excluding hydrogens is 1040 g/mol. The van der Waals surface area contributed by atoms with E-state index in [1.54, 1.807) is 6.08 Å². The first-order valence-corrected chi connectivity index (χ1v) is 39.1. The SMILES string of the molecule is CCCCCCCCC/C=C\CCCCCCCC(=O)OCCCCCCCCCCCCCCCCCCCCCCCCCCCCCC(=O)NC(CO)C(O)/C=C/CCCCCCCCCCCCCCCCCCCCCCCCC. The molecule has 0 aromatic heterocycles. The minimum Gasteiger partial charge on any atom is -0.466 e. The lowest BCUT2D eigenvalue weighted by Crippen LogP contribution is -2.45. The third kappa shape index (κ3) is 71.3. The van der Waals surface area contributed by atoms with Gasteiger partial charge in [0.1, 0.15) is 0 Å². The number of rotatable bonds is 74. The molecule has 2 atom stereocenters. The lowest BCUT2D eigenvalue weighted by molar-refractivity contribution is -0.143. The van der Waals surface area contributed by atoms with Crippen LogP contribution >= 0.6 is 0 Å². The fraction of sp³-hybridized carbons (Fsp3) is 0.924. The Morgan fingerprint density at radius 1 is 0.318 bits per heavy atom. The van der Waals surface area contributed by atoms with Crippen LogP contribution in [0.5, 0.6) is 0 Å². The standard InChI is InChI=1S/C79H153NO5/c1-3-5-7-9-11-13-15-17-19-21-22-23-24-28-31-34-37-40-43-47-51-55-59-63-67-71-77(82)76(75-81)80-78(83)72-68-64-60-56-52-48-44-41-38-35-32-29-26-25-27-30-33-36-39-42-46-50-54-58-62-66-70-74-85-79(84)73-69-65-61-57-53-49-45-20-18-16-14-12-10-8-6-4-2/h20,45,67,71,76-77,81-82H,3-19,21-44,46-66,68-70,72-75H2,1-2H3,(H,80,83)/b45-20-,71-67+. The zero-order valence-electron chi connectivity index (χ0n) is 57.9. The molecule has 0 aromatic rings. The summed E-state index contributed by atoms with van der Waals surface area (Å²) in [7, 11) is 0. The van der Waals surface area contributed by atoms with E-state index in [9.17, 15) is 19.8 Å². The Balaban J connectivity index is 3.37. The maximum Gasteiger partial charge on any atom is 0.305 e. The summed E-state index contributed by atoms with van der Waals surface area (Å²) < 4.78 is 5.50. The Labute approximate surface area is 532 Å². The summed E-state index contributed by atoms with van der Waals surface area (Å²) >= 11 is 0. The van der Waals surface area contributed by atoms with E-state index in [-0.39, 0.29) is 18.5 Å². The Morgan fingerprint density at radius 2 is 0.553 bits per heavy atom. The maximum absolute atomic E-state index is 12.6. The Hall–Kier alpha value is -1.66. The molecule has 0 rings (SSSR count). The van der Waals surface area contributed by atoms with Crippen molar-refractivity contribution in [3.05, 3.63) is 24.3 Å². The van der Waals surface area contributed by atoms with Gasteiger partial charge < -0.3 is 20.3 Å². The zero-order valence-corrected chi connectivity index (χ0v) is 57.9. The maximum atomic E-state index is 12.6. The van der Waals surface area contributed by atoms with Crippen LogP contribution in [0.25, 0.3) is 0 Å². The van der Waals surface area contributed by atoms with Gasteiger partial charge >= 0.3 is 5.97 Å². The van der Waals surface area contributed by atoms with E-state index < -0.39 is 12.1 Å². The number of ether oxygens (including phenoxy) is 1. The largest absolute Gasteiger partial charge is 0.466 e. The number of carbonyl (C=O) groups is 2. The highest BCUT2D eigenvalue weighted by molar-refractivity contribution is 5.76.